The zero-order valence-corrected chi connectivity index (χ0v) is 13.3. The minimum absolute atomic E-state index is 0.526. The molecular formula is C18H28N2O. The van der Waals surface area contributed by atoms with Crippen molar-refractivity contribution >= 4 is 0 Å². The molecule has 0 spiro atoms. The summed E-state index contributed by atoms with van der Waals surface area (Å²) in [5, 5.41) is 9.38. The van der Waals surface area contributed by atoms with Gasteiger partial charge in [0.15, 0.2) is 0 Å². The Labute approximate surface area is 129 Å². The van der Waals surface area contributed by atoms with Gasteiger partial charge in [0.05, 0.1) is 6.07 Å². The lowest BCUT2D eigenvalue weighted by Crippen LogP contribution is -2.36. The van der Waals surface area contributed by atoms with Gasteiger partial charge >= 0.3 is 0 Å². The molecule has 0 heterocycles. The van der Waals surface area contributed by atoms with Gasteiger partial charge in [0.25, 0.3) is 0 Å². The highest BCUT2D eigenvalue weighted by Crippen LogP contribution is 2.21. The van der Waals surface area contributed by atoms with Crippen LogP contribution in [0.25, 0.3) is 0 Å². The largest absolute Gasteiger partial charge is 0.381 e. The Hall–Kier alpha value is -1.37. The molecule has 2 unspecified atom stereocenters. The first-order chi connectivity index (χ1) is 10.2. The van der Waals surface area contributed by atoms with E-state index >= 15 is 0 Å². The van der Waals surface area contributed by atoms with Crippen LogP contribution in [0.3, 0.4) is 0 Å². The number of rotatable bonds is 10. The molecule has 0 saturated heterocycles. The van der Waals surface area contributed by atoms with Crippen LogP contribution in [-0.2, 0) is 10.3 Å². The van der Waals surface area contributed by atoms with Crippen LogP contribution < -0.4 is 5.73 Å². The summed E-state index contributed by atoms with van der Waals surface area (Å²) in [6.45, 7) is 5.72. The van der Waals surface area contributed by atoms with Crippen molar-refractivity contribution in [2.45, 2.75) is 51.5 Å². The van der Waals surface area contributed by atoms with Crippen LogP contribution in [0.1, 0.15) is 51.5 Å². The summed E-state index contributed by atoms with van der Waals surface area (Å²) in [7, 11) is 0. The second-order valence-corrected chi connectivity index (χ2v) is 5.69. The number of nitrogens with two attached hydrogens (primary N) is 1. The van der Waals surface area contributed by atoms with Crippen LogP contribution in [0, 0.1) is 17.2 Å². The van der Waals surface area contributed by atoms with E-state index in [-0.39, 0.29) is 0 Å². The van der Waals surface area contributed by atoms with Gasteiger partial charge in [0.1, 0.15) is 5.54 Å². The summed E-state index contributed by atoms with van der Waals surface area (Å²) in [6, 6.07) is 11.8. The van der Waals surface area contributed by atoms with Gasteiger partial charge in [-0.15, -0.1) is 0 Å². The van der Waals surface area contributed by atoms with Gasteiger partial charge < -0.3 is 10.5 Å². The molecule has 1 rings (SSSR count). The molecule has 116 valence electrons. The van der Waals surface area contributed by atoms with Crippen LogP contribution in [0.4, 0.5) is 0 Å². The molecule has 2 atom stereocenters. The fourth-order valence-corrected chi connectivity index (χ4v) is 2.38. The van der Waals surface area contributed by atoms with E-state index in [1.165, 1.54) is 19.3 Å². The van der Waals surface area contributed by atoms with E-state index in [1.807, 2.05) is 30.3 Å². The molecule has 1 aromatic rings. The van der Waals surface area contributed by atoms with Gasteiger partial charge in [-0.25, -0.2) is 0 Å². The summed E-state index contributed by atoms with van der Waals surface area (Å²) in [6.07, 6.45) is 5.37. The SMILES string of the molecule is CCCCC(CC)COCCC(N)(C#N)c1ccccc1. The van der Waals surface area contributed by atoms with Gasteiger partial charge in [-0.3, -0.25) is 0 Å². The second kappa shape index (κ2) is 9.55. The predicted octanol–water partition coefficient (Wildman–Crippen LogP) is 3.99. The average Bonchev–Trinajstić information content (AvgIpc) is 2.54. The van der Waals surface area contributed by atoms with Crippen molar-refractivity contribution in [2.24, 2.45) is 11.7 Å². The van der Waals surface area contributed by atoms with Gasteiger partial charge in [0.2, 0.25) is 0 Å². The lowest BCUT2D eigenvalue weighted by molar-refractivity contribution is 0.0843. The van der Waals surface area contributed by atoms with E-state index in [2.05, 4.69) is 19.9 Å². The highest BCUT2D eigenvalue weighted by molar-refractivity contribution is 5.30. The fourth-order valence-electron chi connectivity index (χ4n) is 2.38. The summed E-state index contributed by atoms with van der Waals surface area (Å²) in [5.74, 6) is 0.621. The van der Waals surface area contributed by atoms with Crippen LogP contribution in [-0.4, -0.2) is 13.2 Å². The molecule has 0 radical (unpaired) electrons. The molecule has 0 bridgehead atoms. The number of unbranched alkanes of at least 4 members (excludes halogenated alkanes) is 1. The van der Waals surface area contributed by atoms with E-state index < -0.39 is 5.54 Å². The van der Waals surface area contributed by atoms with Gasteiger partial charge in [-0.05, 0) is 17.9 Å². The molecule has 21 heavy (non-hydrogen) atoms. The topological polar surface area (TPSA) is 59.0 Å². The fraction of sp³-hybridized carbons (Fsp3) is 0.611. The molecule has 0 fully saturated rings. The smallest absolute Gasteiger partial charge is 0.132 e. The summed E-state index contributed by atoms with van der Waals surface area (Å²) < 4.78 is 5.77. The Kier molecular flexibility index (Phi) is 8.04. The molecule has 3 nitrogen and oxygen atoms in total. The van der Waals surface area contributed by atoms with Gasteiger partial charge in [-0.2, -0.15) is 5.26 Å². The summed E-state index contributed by atoms with van der Waals surface area (Å²) in [5.41, 5.74) is 6.11. The van der Waals surface area contributed by atoms with Crippen molar-refractivity contribution in [2.75, 3.05) is 13.2 Å². The molecule has 0 aliphatic rings. The Morgan fingerprint density at radius 3 is 2.57 bits per heavy atom. The highest BCUT2D eigenvalue weighted by Gasteiger charge is 2.26. The molecule has 0 aromatic heterocycles. The average molecular weight is 288 g/mol. The van der Waals surface area contributed by atoms with Crippen molar-refractivity contribution in [1.82, 2.24) is 0 Å². The van der Waals surface area contributed by atoms with Crippen molar-refractivity contribution in [3.05, 3.63) is 35.9 Å². The predicted molar refractivity (Wildman–Crippen MR) is 86.7 cm³/mol. The Morgan fingerprint density at radius 2 is 2.00 bits per heavy atom. The minimum Gasteiger partial charge on any atom is -0.381 e. The van der Waals surface area contributed by atoms with Crippen LogP contribution in [0.15, 0.2) is 30.3 Å². The summed E-state index contributed by atoms with van der Waals surface area (Å²) >= 11 is 0. The monoisotopic (exact) mass is 288 g/mol. The quantitative estimate of drug-likeness (QED) is 0.662. The first kappa shape index (κ1) is 17.7. The van der Waals surface area contributed by atoms with Crippen LogP contribution in [0.5, 0.6) is 0 Å². The van der Waals surface area contributed by atoms with Crippen molar-refractivity contribution < 1.29 is 4.74 Å². The van der Waals surface area contributed by atoms with Gasteiger partial charge in [0, 0.05) is 19.6 Å². The number of nitrogens with zero attached hydrogens (tertiary/aromatic N) is 1. The third-order valence-corrected chi connectivity index (χ3v) is 4.03. The molecule has 0 amide bonds. The number of ether oxygens (including phenoxy) is 1. The molecule has 0 aliphatic heterocycles. The minimum atomic E-state index is -0.952. The first-order valence-corrected chi connectivity index (χ1v) is 7.99. The van der Waals surface area contributed by atoms with Crippen molar-refractivity contribution in [3.63, 3.8) is 0 Å². The Morgan fingerprint density at radius 1 is 1.29 bits per heavy atom. The lowest BCUT2D eigenvalue weighted by atomic mass is 9.89. The maximum absolute atomic E-state index is 9.38. The zero-order chi connectivity index (χ0) is 15.6. The number of nitriles is 1. The maximum Gasteiger partial charge on any atom is 0.132 e. The number of hydrogen-bond acceptors (Lipinski definition) is 3. The van der Waals surface area contributed by atoms with E-state index in [4.69, 9.17) is 10.5 Å². The Bertz CT molecular complexity index is 427. The molecular weight excluding hydrogens is 260 g/mol. The highest BCUT2D eigenvalue weighted by atomic mass is 16.5. The van der Waals surface area contributed by atoms with E-state index in [0.717, 1.165) is 18.6 Å². The standard InChI is InChI=1S/C18H28N2O/c1-3-5-9-16(4-2)14-21-13-12-18(20,15-19)17-10-7-6-8-11-17/h6-8,10-11,16H,3-5,9,12-14,20H2,1-2H3. The van der Waals surface area contributed by atoms with Crippen molar-refractivity contribution in [3.8, 4) is 6.07 Å². The zero-order valence-electron chi connectivity index (χ0n) is 13.3. The molecule has 0 saturated carbocycles. The molecule has 2 N–H and O–H groups in total. The van der Waals surface area contributed by atoms with Gasteiger partial charge in [-0.1, -0.05) is 63.4 Å². The van der Waals surface area contributed by atoms with Crippen LogP contribution >= 0.6 is 0 Å². The molecule has 3 heteroatoms. The van der Waals surface area contributed by atoms with E-state index in [9.17, 15) is 5.26 Å². The molecule has 0 aliphatic carbocycles. The van der Waals surface area contributed by atoms with Crippen LogP contribution in [0.2, 0.25) is 0 Å². The normalized spacial score (nSPS) is 15.1. The lowest BCUT2D eigenvalue weighted by Gasteiger charge is -2.22. The van der Waals surface area contributed by atoms with E-state index in [0.29, 0.717) is 18.9 Å². The third kappa shape index (κ3) is 5.87. The number of hydrogen-bond donors (Lipinski definition) is 1. The maximum atomic E-state index is 9.38. The summed E-state index contributed by atoms with van der Waals surface area (Å²) in [4.78, 5) is 0. The number of benzene rings is 1. The van der Waals surface area contributed by atoms with E-state index in [1.54, 1.807) is 0 Å². The second-order valence-electron chi connectivity index (χ2n) is 5.69. The van der Waals surface area contributed by atoms with Crippen molar-refractivity contribution in [1.29, 1.82) is 5.26 Å². The first-order valence-electron chi connectivity index (χ1n) is 7.99. The Balaban J connectivity index is 2.41. The molecule has 1 aromatic carbocycles. The third-order valence-electron chi connectivity index (χ3n) is 4.03.